The number of amides is 1. The summed E-state index contributed by atoms with van der Waals surface area (Å²) in [5.41, 5.74) is 1.32. The number of thiophene rings is 1. The van der Waals surface area contributed by atoms with Crippen molar-refractivity contribution in [3.05, 3.63) is 63.0 Å². The van der Waals surface area contributed by atoms with Crippen LogP contribution < -0.4 is 5.56 Å². The standard InChI is InChI=1S/C24H29N3O4S/c1-4-12-26(13-5-2)19(28)15-27-16-25-22-20(23(27)29)17(3)21(32-22)24(30)31-14-11-18-9-7-6-8-10-18/h6-10,16H,4-5,11-15H2,1-3H3. The first-order valence-electron chi connectivity index (χ1n) is 10.9. The van der Waals surface area contributed by atoms with Crippen LogP contribution in [0.1, 0.15) is 47.5 Å². The van der Waals surface area contributed by atoms with Gasteiger partial charge in [-0.05, 0) is 30.9 Å². The van der Waals surface area contributed by atoms with Gasteiger partial charge in [-0.15, -0.1) is 11.3 Å². The molecule has 2 aromatic heterocycles. The van der Waals surface area contributed by atoms with Gasteiger partial charge in [-0.3, -0.25) is 14.2 Å². The minimum Gasteiger partial charge on any atom is -0.461 e. The maximum atomic E-state index is 13.1. The molecule has 0 unspecified atom stereocenters. The van der Waals surface area contributed by atoms with Crippen molar-refractivity contribution in [3.63, 3.8) is 0 Å². The van der Waals surface area contributed by atoms with Crippen molar-refractivity contribution in [2.75, 3.05) is 19.7 Å². The first-order chi connectivity index (χ1) is 15.5. The molecule has 1 amide bonds. The van der Waals surface area contributed by atoms with Crippen molar-refractivity contribution in [3.8, 4) is 0 Å². The van der Waals surface area contributed by atoms with Crippen molar-refractivity contribution in [1.29, 1.82) is 0 Å². The van der Waals surface area contributed by atoms with Crippen LogP contribution in [0.3, 0.4) is 0 Å². The first-order valence-corrected chi connectivity index (χ1v) is 11.7. The van der Waals surface area contributed by atoms with Gasteiger partial charge in [-0.2, -0.15) is 0 Å². The molecule has 170 valence electrons. The van der Waals surface area contributed by atoms with Crippen molar-refractivity contribution in [1.82, 2.24) is 14.5 Å². The van der Waals surface area contributed by atoms with E-state index in [2.05, 4.69) is 4.98 Å². The zero-order valence-electron chi connectivity index (χ0n) is 18.8. The van der Waals surface area contributed by atoms with Crippen LogP contribution in [0.25, 0.3) is 10.2 Å². The molecule has 0 saturated heterocycles. The fraction of sp³-hybridized carbons (Fsp3) is 0.417. The first kappa shape index (κ1) is 23.7. The van der Waals surface area contributed by atoms with Crippen molar-refractivity contribution in [2.45, 2.75) is 46.6 Å². The topological polar surface area (TPSA) is 81.5 Å². The van der Waals surface area contributed by atoms with E-state index in [-0.39, 0.29) is 24.6 Å². The lowest BCUT2D eigenvalue weighted by molar-refractivity contribution is -0.132. The molecule has 0 aliphatic rings. The quantitative estimate of drug-likeness (QED) is 0.434. The second-order valence-corrected chi connectivity index (χ2v) is 8.67. The largest absolute Gasteiger partial charge is 0.461 e. The Bertz CT molecular complexity index is 1130. The number of aromatic nitrogens is 2. The zero-order valence-corrected chi connectivity index (χ0v) is 19.6. The van der Waals surface area contributed by atoms with E-state index in [1.54, 1.807) is 11.8 Å². The van der Waals surface area contributed by atoms with E-state index in [1.165, 1.54) is 10.9 Å². The highest BCUT2D eigenvalue weighted by Gasteiger charge is 2.22. The summed E-state index contributed by atoms with van der Waals surface area (Å²) >= 11 is 1.15. The van der Waals surface area contributed by atoms with Gasteiger partial charge in [-0.1, -0.05) is 44.2 Å². The molecule has 32 heavy (non-hydrogen) atoms. The highest BCUT2D eigenvalue weighted by atomic mass is 32.1. The number of esters is 1. The number of ether oxygens (including phenoxy) is 1. The fourth-order valence-corrected chi connectivity index (χ4v) is 4.62. The summed E-state index contributed by atoms with van der Waals surface area (Å²) in [5, 5.41) is 0.373. The number of hydrogen-bond donors (Lipinski definition) is 0. The fourth-order valence-electron chi connectivity index (χ4n) is 3.59. The Morgan fingerprint density at radius 3 is 2.47 bits per heavy atom. The van der Waals surface area contributed by atoms with Gasteiger partial charge < -0.3 is 9.64 Å². The number of benzene rings is 1. The summed E-state index contributed by atoms with van der Waals surface area (Å²) in [4.78, 5) is 45.3. The predicted octanol–water partition coefficient (Wildman–Crippen LogP) is 3.81. The molecule has 3 aromatic rings. The van der Waals surface area contributed by atoms with Crippen LogP contribution in [0.5, 0.6) is 0 Å². The Kier molecular flexibility index (Phi) is 8.16. The number of aryl methyl sites for hydroxylation is 1. The Hall–Kier alpha value is -3.00. The Morgan fingerprint density at radius 2 is 1.81 bits per heavy atom. The number of rotatable bonds is 10. The van der Waals surface area contributed by atoms with E-state index < -0.39 is 5.97 Å². The minimum atomic E-state index is -0.458. The number of hydrogen-bond acceptors (Lipinski definition) is 6. The molecule has 8 heteroatoms. The molecule has 2 heterocycles. The molecule has 7 nitrogen and oxygen atoms in total. The second-order valence-electron chi connectivity index (χ2n) is 7.67. The second kappa shape index (κ2) is 11.0. The van der Waals surface area contributed by atoms with Crippen LogP contribution in [-0.2, 0) is 22.5 Å². The van der Waals surface area contributed by atoms with Gasteiger partial charge in [0.15, 0.2) is 0 Å². The third-order valence-electron chi connectivity index (χ3n) is 5.21. The van der Waals surface area contributed by atoms with Gasteiger partial charge in [0.2, 0.25) is 5.91 Å². The molecule has 1 aromatic carbocycles. The van der Waals surface area contributed by atoms with Gasteiger partial charge in [0.1, 0.15) is 16.3 Å². The van der Waals surface area contributed by atoms with Crippen LogP contribution >= 0.6 is 11.3 Å². The lowest BCUT2D eigenvalue weighted by atomic mass is 10.2. The average molecular weight is 456 g/mol. The molecule has 0 N–H and O–H groups in total. The minimum absolute atomic E-state index is 0.0616. The smallest absolute Gasteiger partial charge is 0.348 e. The van der Waals surface area contributed by atoms with Gasteiger partial charge in [-0.25, -0.2) is 9.78 Å². The summed E-state index contributed by atoms with van der Waals surface area (Å²) in [7, 11) is 0. The maximum absolute atomic E-state index is 13.1. The van der Waals surface area contributed by atoms with E-state index in [0.29, 0.717) is 40.2 Å². The molecule has 0 aliphatic heterocycles. The van der Waals surface area contributed by atoms with Crippen LogP contribution in [0.4, 0.5) is 0 Å². The van der Waals surface area contributed by atoms with Crippen LogP contribution in [0.15, 0.2) is 41.5 Å². The van der Waals surface area contributed by atoms with E-state index >= 15 is 0 Å². The Labute approximate surface area is 191 Å². The van der Waals surface area contributed by atoms with E-state index in [4.69, 9.17) is 4.74 Å². The van der Waals surface area contributed by atoms with Gasteiger partial charge >= 0.3 is 5.97 Å². The SMILES string of the molecule is CCCN(CCC)C(=O)Cn1cnc2sc(C(=O)OCCc3ccccc3)c(C)c2c1=O. The monoisotopic (exact) mass is 455 g/mol. The summed E-state index contributed by atoms with van der Waals surface area (Å²) in [6.45, 7) is 7.28. The van der Waals surface area contributed by atoms with Crippen molar-refractivity contribution in [2.24, 2.45) is 0 Å². The number of nitrogens with zero attached hydrogens (tertiary/aromatic N) is 3. The van der Waals surface area contributed by atoms with Gasteiger partial charge in [0, 0.05) is 19.5 Å². The molecule has 0 atom stereocenters. The number of carbonyl (C=O) groups excluding carboxylic acids is 2. The maximum Gasteiger partial charge on any atom is 0.348 e. The summed E-state index contributed by atoms with van der Waals surface area (Å²) in [5.74, 6) is -0.564. The van der Waals surface area contributed by atoms with Crippen LogP contribution in [0.2, 0.25) is 0 Å². The molecular weight excluding hydrogens is 426 g/mol. The Morgan fingerprint density at radius 1 is 1.12 bits per heavy atom. The molecular formula is C24H29N3O4S. The molecule has 0 saturated carbocycles. The number of carbonyl (C=O) groups is 2. The highest BCUT2D eigenvalue weighted by molar-refractivity contribution is 7.20. The normalized spacial score (nSPS) is 11.0. The molecule has 0 bridgehead atoms. The van der Waals surface area contributed by atoms with Crippen molar-refractivity contribution < 1.29 is 14.3 Å². The lowest BCUT2D eigenvalue weighted by Gasteiger charge is -2.21. The Balaban J connectivity index is 1.76. The third-order valence-corrected chi connectivity index (χ3v) is 6.39. The molecule has 0 fully saturated rings. The van der Waals surface area contributed by atoms with E-state index in [0.717, 1.165) is 29.7 Å². The summed E-state index contributed by atoms with van der Waals surface area (Å²) < 4.78 is 6.76. The molecule has 0 spiro atoms. The van der Waals surface area contributed by atoms with Crippen LogP contribution in [-0.4, -0.2) is 46.0 Å². The zero-order chi connectivity index (χ0) is 23.1. The summed E-state index contributed by atoms with van der Waals surface area (Å²) in [6, 6.07) is 9.79. The lowest BCUT2D eigenvalue weighted by Crippen LogP contribution is -2.37. The molecule has 0 radical (unpaired) electrons. The average Bonchev–Trinajstić information content (AvgIpc) is 3.13. The van der Waals surface area contributed by atoms with E-state index in [9.17, 15) is 14.4 Å². The third kappa shape index (κ3) is 5.43. The number of fused-ring (bicyclic) bond motifs is 1. The van der Waals surface area contributed by atoms with Gasteiger partial charge in [0.05, 0.1) is 18.3 Å². The highest BCUT2D eigenvalue weighted by Crippen LogP contribution is 2.27. The predicted molar refractivity (Wildman–Crippen MR) is 126 cm³/mol. The summed E-state index contributed by atoms with van der Waals surface area (Å²) in [6.07, 6.45) is 3.73. The van der Waals surface area contributed by atoms with Gasteiger partial charge in [0.25, 0.3) is 5.56 Å². The molecule has 3 rings (SSSR count). The molecule has 0 aliphatic carbocycles. The van der Waals surface area contributed by atoms with Crippen molar-refractivity contribution >= 4 is 33.4 Å². The van der Waals surface area contributed by atoms with E-state index in [1.807, 2.05) is 44.2 Å². The van der Waals surface area contributed by atoms with Crippen LogP contribution in [0, 0.1) is 6.92 Å².